The summed E-state index contributed by atoms with van der Waals surface area (Å²) in [5.41, 5.74) is 5.35. The summed E-state index contributed by atoms with van der Waals surface area (Å²) in [6.07, 6.45) is 1.40. The zero-order valence-corrected chi connectivity index (χ0v) is 12.8. The van der Waals surface area contributed by atoms with E-state index in [1.165, 1.54) is 6.08 Å². The molecule has 0 radical (unpaired) electrons. The fourth-order valence-electron chi connectivity index (χ4n) is 1.75. The van der Waals surface area contributed by atoms with Crippen molar-refractivity contribution in [2.75, 3.05) is 0 Å². The van der Waals surface area contributed by atoms with Crippen LogP contribution in [-0.2, 0) is 4.79 Å². The minimum atomic E-state index is -0.995. The smallest absolute Gasteiger partial charge is 0.319 e. The normalized spacial score (nSPS) is 10.7. The van der Waals surface area contributed by atoms with Crippen molar-refractivity contribution in [3.8, 4) is 6.07 Å². The van der Waals surface area contributed by atoms with E-state index in [2.05, 4.69) is 0 Å². The van der Waals surface area contributed by atoms with Gasteiger partial charge in [-0.25, -0.2) is 4.79 Å². The van der Waals surface area contributed by atoms with Crippen LogP contribution in [0, 0.1) is 11.3 Å². The van der Waals surface area contributed by atoms with E-state index >= 15 is 0 Å². The van der Waals surface area contributed by atoms with Crippen LogP contribution in [0.15, 0.2) is 70.0 Å². The summed E-state index contributed by atoms with van der Waals surface area (Å²) >= 11 is 1.61. The molecule has 3 N–H and O–H groups in total. The molecular formula is C17H13N3O2S. The first-order valence-corrected chi connectivity index (χ1v) is 7.45. The molecule has 0 saturated carbocycles. The molecule has 6 heteroatoms. The van der Waals surface area contributed by atoms with E-state index in [1.807, 2.05) is 47.8 Å². The highest BCUT2D eigenvalue weighted by Crippen LogP contribution is 2.27. The molecule has 0 unspecified atom stereocenters. The number of benzene rings is 2. The highest BCUT2D eigenvalue weighted by molar-refractivity contribution is 7.99. The second-order valence-corrected chi connectivity index (χ2v) is 5.62. The molecule has 5 nitrogen and oxygen atoms in total. The molecule has 3 amide bonds. The molecule has 0 aliphatic heterocycles. The van der Waals surface area contributed by atoms with Gasteiger partial charge in [-0.05, 0) is 35.9 Å². The van der Waals surface area contributed by atoms with E-state index in [0.717, 1.165) is 9.79 Å². The van der Waals surface area contributed by atoms with E-state index in [9.17, 15) is 9.59 Å². The Bertz CT molecular complexity index is 778. The maximum atomic E-state index is 11.6. The van der Waals surface area contributed by atoms with Crippen molar-refractivity contribution in [1.82, 2.24) is 5.32 Å². The number of nitrogens with two attached hydrogens (primary N) is 1. The molecule has 2 rings (SSSR count). The molecule has 2 aromatic carbocycles. The van der Waals surface area contributed by atoms with Crippen LogP contribution in [0.1, 0.15) is 5.56 Å². The Balaban J connectivity index is 2.12. The van der Waals surface area contributed by atoms with Crippen molar-refractivity contribution in [3.05, 3.63) is 65.7 Å². The second kappa shape index (κ2) is 7.82. The molecule has 0 atom stereocenters. The maximum Gasteiger partial charge on any atom is 0.319 e. The third-order valence-electron chi connectivity index (χ3n) is 2.77. The van der Waals surface area contributed by atoms with Gasteiger partial charge >= 0.3 is 6.03 Å². The van der Waals surface area contributed by atoms with Crippen LogP contribution in [0.25, 0.3) is 6.08 Å². The van der Waals surface area contributed by atoms with Crippen molar-refractivity contribution in [2.45, 2.75) is 9.79 Å². The fourth-order valence-corrected chi connectivity index (χ4v) is 2.59. The number of hydrogen-bond acceptors (Lipinski definition) is 4. The molecule has 2 aromatic rings. The molecule has 0 bridgehead atoms. The minimum absolute atomic E-state index is 0.188. The predicted molar refractivity (Wildman–Crippen MR) is 88.3 cm³/mol. The first-order chi connectivity index (χ1) is 11.1. The Kier molecular flexibility index (Phi) is 5.56. The molecule has 0 aliphatic carbocycles. The fraction of sp³-hybridized carbons (Fsp3) is 0. The van der Waals surface area contributed by atoms with Crippen molar-refractivity contribution in [3.63, 3.8) is 0 Å². The Morgan fingerprint density at radius 3 is 2.22 bits per heavy atom. The van der Waals surface area contributed by atoms with Crippen LogP contribution in [0.5, 0.6) is 0 Å². The van der Waals surface area contributed by atoms with E-state index in [-0.39, 0.29) is 5.57 Å². The number of urea groups is 1. The molecule has 0 fully saturated rings. The van der Waals surface area contributed by atoms with Gasteiger partial charge < -0.3 is 5.73 Å². The lowest BCUT2D eigenvalue weighted by Gasteiger charge is -2.03. The quantitative estimate of drug-likeness (QED) is 0.668. The van der Waals surface area contributed by atoms with Gasteiger partial charge in [0.2, 0.25) is 0 Å². The number of nitrogens with one attached hydrogen (secondary N) is 1. The van der Waals surface area contributed by atoms with Gasteiger partial charge in [0.1, 0.15) is 11.6 Å². The Labute approximate surface area is 137 Å². The van der Waals surface area contributed by atoms with Crippen molar-refractivity contribution in [2.24, 2.45) is 5.73 Å². The second-order valence-electron chi connectivity index (χ2n) is 4.47. The van der Waals surface area contributed by atoms with Crippen LogP contribution < -0.4 is 11.1 Å². The van der Waals surface area contributed by atoms with Gasteiger partial charge in [-0.1, -0.05) is 42.1 Å². The summed E-state index contributed by atoms with van der Waals surface area (Å²) in [5, 5.41) is 10.8. The number of amides is 3. The molecule has 0 saturated heterocycles. The predicted octanol–water partition coefficient (Wildman–Crippen LogP) is 2.94. The standard InChI is InChI=1S/C17H13N3O2S/c18-11-13(16(21)20-17(19)22)10-12-6-8-15(9-7-12)23-14-4-2-1-3-5-14/h1-10H,(H3,19,20,21,22)/b13-10-. The third-order valence-corrected chi connectivity index (χ3v) is 3.79. The van der Waals surface area contributed by atoms with E-state index in [1.54, 1.807) is 30.0 Å². The first kappa shape index (κ1) is 16.3. The molecule has 0 spiro atoms. The number of imide groups is 1. The molecule has 0 aliphatic rings. The summed E-state index contributed by atoms with van der Waals surface area (Å²) in [4.78, 5) is 24.4. The average Bonchev–Trinajstić information content (AvgIpc) is 2.54. The number of hydrogen-bond donors (Lipinski definition) is 2. The number of primary amides is 1. The lowest BCUT2D eigenvalue weighted by Crippen LogP contribution is -2.35. The monoisotopic (exact) mass is 323 g/mol. The zero-order valence-electron chi connectivity index (χ0n) is 12.0. The van der Waals surface area contributed by atoms with Crippen LogP contribution in [0.3, 0.4) is 0 Å². The van der Waals surface area contributed by atoms with Crippen molar-refractivity contribution in [1.29, 1.82) is 5.26 Å². The van der Waals surface area contributed by atoms with Crippen LogP contribution in [-0.4, -0.2) is 11.9 Å². The molecule has 114 valence electrons. The zero-order chi connectivity index (χ0) is 16.7. The van der Waals surface area contributed by atoms with Gasteiger partial charge in [-0.15, -0.1) is 0 Å². The minimum Gasteiger partial charge on any atom is -0.351 e. The highest BCUT2D eigenvalue weighted by Gasteiger charge is 2.10. The number of carbonyl (C=O) groups excluding carboxylic acids is 2. The van der Waals surface area contributed by atoms with Crippen LogP contribution in [0.4, 0.5) is 4.79 Å². The summed E-state index contributed by atoms with van der Waals surface area (Å²) < 4.78 is 0. The summed E-state index contributed by atoms with van der Waals surface area (Å²) in [5.74, 6) is -0.817. The highest BCUT2D eigenvalue weighted by atomic mass is 32.2. The largest absolute Gasteiger partial charge is 0.351 e. The van der Waals surface area contributed by atoms with Gasteiger partial charge in [-0.2, -0.15) is 5.26 Å². The lowest BCUT2D eigenvalue weighted by atomic mass is 10.1. The van der Waals surface area contributed by atoms with Crippen LogP contribution >= 0.6 is 11.8 Å². The van der Waals surface area contributed by atoms with Crippen LogP contribution in [0.2, 0.25) is 0 Å². The number of nitrogens with zero attached hydrogens (tertiary/aromatic N) is 1. The third kappa shape index (κ3) is 5.02. The number of carbonyl (C=O) groups is 2. The van der Waals surface area contributed by atoms with Gasteiger partial charge in [0.15, 0.2) is 0 Å². The molecule has 23 heavy (non-hydrogen) atoms. The van der Waals surface area contributed by atoms with Crippen molar-refractivity contribution >= 4 is 29.8 Å². The Hall–Kier alpha value is -3.04. The SMILES string of the molecule is N#C/C(=C/c1ccc(Sc2ccccc2)cc1)C(=O)NC(N)=O. The summed E-state index contributed by atoms with van der Waals surface area (Å²) in [7, 11) is 0. The van der Waals surface area contributed by atoms with Gasteiger partial charge in [-0.3, -0.25) is 10.1 Å². The number of rotatable bonds is 4. The average molecular weight is 323 g/mol. The van der Waals surface area contributed by atoms with Gasteiger partial charge in [0.25, 0.3) is 5.91 Å². The Morgan fingerprint density at radius 1 is 1.04 bits per heavy atom. The van der Waals surface area contributed by atoms with E-state index in [0.29, 0.717) is 5.56 Å². The maximum absolute atomic E-state index is 11.6. The molecule has 0 heterocycles. The summed E-state index contributed by atoms with van der Waals surface area (Å²) in [6.45, 7) is 0. The van der Waals surface area contributed by atoms with Crippen molar-refractivity contribution < 1.29 is 9.59 Å². The van der Waals surface area contributed by atoms with Gasteiger partial charge in [0, 0.05) is 9.79 Å². The summed E-state index contributed by atoms with van der Waals surface area (Å²) in [6, 6.07) is 18.0. The van der Waals surface area contributed by atoms with Gasteiger partial charge in [0.05, 0.1) is 0 Å². The number of nitriles is 1. The van der Waals surface area contributed by atoms with E-state index in [4.69, 9.17) is 11.0 Å². The topological polar surface area (TPSA) is 96.0 Å². The van der Waals surface area contributed by atoms with E-state index < -0.39 is 11.9 Å². The lowest BCUT2D eigenvalue weighted by molar-refractivity contribution is -0.115. The molecular weight excluding hydrogens is 310 g/mol. The first-order valence-electron chi connectivity index (χ1n) is 6.64. The molecule has 0 aromatic heterocycles. The Morgan fingerprint density at radius 2 is 1.65 bits per heavy atom.